The number of hydrogen-bond acceptors (Lipinski definition) is 4. The third kappa shape index (κ3) is 1.98. The molecule has 1 aromatic rings. The van der Waals surface area contributed by atoms with Crippen molar-refractivity contribution in [2.45, 2.75) is 24.3 Å². The highest BCUT2D eigenvalue weighted by Gasteiger charge is 2.72. The standard InChI is InChI=1S/C17H14F3NO4/c1-15-5-6-16(8-22,25-15)12-11(15)13(23)21(14(12)24)10-4-2-3-9(7-10)17(18,19)20/h2-7,11-12,22H,8H2,1H3/t11-,12+,15-,16+/m1/s1. The molecule has 0 spiro atoms. The van der Waals surface area contributed by atoms with Crippen LogP contribution in [0.1, 0.15) is 12.5 Å². The number of halogens is 3. The highest BCUT2D eigenvalue weighted by Crippen LogP contribution is 2.57. The first-order valence-electron chi connectivity index (χ1n) is 7.69. The molecular formula is C17H14F3NO4. The molecule has 0 aliphatic carbocycles. The lowest BCUT2D eigenvalue weighted by molar-refractivity contribution is -0.138. The fraction of sp³-hybridized carbons (Fsp3) is 0.412. The third-order valence-corrected chi connectivity index (χ3v) is 5.24. The Bertz CT molecular complexity index is 820. The molecule has 2 fully saturated rings. The summed E-state index contributed by atoms with van der Waals surface area (Å²) in [5, 5.41) is 9.71. The average Bonchev–Trinajstić information content (AvgIpc) is 3.13. The molecule has 0 aromatic heterocycles. The fourth-order valence-corrected chi connectivity index (χ4v) is 4.12. The van der Waals surface area contributed by atoms with Crippen LogP contribution in [0.2, 0.25) is 0 Å². The smallest absolute Gasteiger partial charge is 0.393 e. The molecular weight excluding hydrogens is 339 g/mol. The van der Waals surface area contributed by atoms with E-state index in [2.05, 4.69) is 0 Å². The van der Waals surface area contributed by atoms with Crippen LogP contribution < -0.4 is 4.90 Å². The number of aliphatic hydroxyl groups is 1. The third-order valence-electron chi connectivity index (χ3n) is 5.24. The summed E-state index contributed by atoms with van der Waals surface area (Å²) in [5.74, 6) is -3.09. The van der Waals surface area contributed by atoms with E-state index in [1.165, 1.54) is 6.07 Å². The maximum atomic E-state index is 12.9. The Morgan fingerprint density at radius 3 is 2.52 bits per heavy atom. The summed E-state index contributed by atoms with van der Waals surface area (Å²) >= 11 is 0. The molecule has 8 heteroatoms. The Kier molecular flexibility index (Phi) is 3.06. The van der Waals surface area contributed by atoms with Gasteiger partial charge in [-0.1, -0.05) is 18.2 Å². The van der Waals surface area contributed by atoms with Crippen LogP contribution in [-0.4, -0.2) is 34.7 Å². The van der Waals surface area contributed by atoms with E-state index in [0.717, 1.165) is 23.1 Å². The van der Waals surface area contributed by atoms with Gasteiger partial charge in [-0.3, -0.25) is 9.59 Å². The van der Waals surface area contributed by atoms with Crippen molar-refractivity contribution in [3.63, 3.8) is 0 Å². The summed E-state index contributed by atoms with van der Waals surface area (Å²) in [6, 6.07) is 4.09. The molecule has 132 valence electrons. The van der Waals surface area contributed by atoms with Crippen LogP contribution in [0.3, 0.4) is 0 Å². The number of fused-ring (bicyclic) bond motifs is 5. The van der Waals surface area contributed by atoms with Gasteiger partial charge in [-0.05, 0) is 25.1 Å². The Morgan fingerprint density at radius 2 is 1.88 bits per heavy atom. The molecule has 5 nitrogen and oxygen atoms in total. The van der Waals surface area contributed by atoms with Crippen molar-refractivity contribution in [1.29, 1.82) is 0 Å². The maximum Gasteiger partial charge on any atom is 0.416 e. The van der Waals surface area contributed by atoms with Gasteiger partial charge in [0.15, 0.2) is 0 Å². The zero-order valence-electron chi connectivity index (χ0n) is 13.1. The van der Waals surface area contributed by atoms with Crippen LogP contribution in [0, 0.1) is 11.8 Å². The van der Waals surface area contributed by atoms with Gasteiger partial charge in [0.25, 0.3) is 0 Å². The quantitative estimate of drug-likeness (QED) is 0.651. The van der Waals surface area contributed by atoms with Crippen LogP contribution in [0.4, 0.5) is 18.9 Å². The molecule has 1 aromatic carbocycles. The van der Waals surface area contributed by atoms with Crippen molar-refractivity contribution >= 4 is 17.5 Å². The van der Waals surface area contributed by atoms with E-state index in [9.17, 15) is 27.9 Å². The highest BCUT2D eigenvalue weighted by atomic mass is 19.4. The molecule has 2 amide bonds. The lowest BCUT2D eigenvalue weighted by atomic mass is 9.73. The molecule has 1 N–H and O–H groups in total. The Labute approximate surface area is 140 Å². The minimum absolute atomic E-state index is 0.129. The molecule has 25 heavy (non-hydrogen) atoms. The van der Waals surface area contributed by atoms with E-state index < -0.39 is 53.2 Å². The summed E-state index contributed by atoms with van der Waals surface area (Å²) < 4.78 is 44.6. The number of imide groups is 1. The first-order chi connectivity index (χ1) is 11.6. The Hall–Kier alpha value is -2.19. The van der Waals surface area contributed by atoms with E-state index in [1.54, 1.807) is 19.1 Å². The van der Waals surface area contributed by atoms with Gasteiger partial charge in [0, 0.05) is 0 Å². The monoisotopic (exact) mass is 353 g/mol. The van der Waals surface area contributed by atoms with E-state index in [-0.39, 0.29) is 5.69 Å². The zero-order valence-corrected chi connectivity index (χ0v) is 13.1. The molecule has 0 unspecified atom stereocenters. The van der Waals surface area contributed by atoms with Crippen LogP contribution in [0.25, 0.3) is 0 Å². The first kappa shape index (κ1) is 16.3. The van der Waals surface area contributed by atoms with E-state index in [4.69, 9.17) is 4.74 Å². The topological polar surface area (TPSA) is 66.8 Å². The number of carbonyl (C=O) groups is 2. The van der Waals surface area contributed by atoms with Gasteiger partial charge < -0.3 is 9.84 Å². The van der Waals surface area contributed by atoms with E-state index in [0.29, 0.717) is 0 Å². The van der Waals surface area contributed by atoms with Crippen molar-refractivity contribution in [2.75, 3.05) is 11.5 Å². The molecule has 2 bridgehead atoms. The number of ether oxygens (including phenoxy) is 1. The summed E-state index contributed by atoms with van der Waals surface area (Å²) in [4.78, 5) is 26.5. The van der Waals surface area contributed by atoms with Crippen LogP contribution in [0.5, 0.6) is 0 Å². The normalized spacial score (nSPS) is 36.4. The minimum atomic E-state index is -4.58. The van der Waals surface area contributed by atoms with Gasteiger partial charge in [0.2, 0.25) is 11.8 Å². The number of carbonyl (C=O) groups excluding carboxylic acids is 2. The van der Waals surface area contributed by atoms with Crippen molar-refractivity contribution in [1.82, 2.24) is 0 Å². The van der Waals surface area contributed by atoms with Gasteiger partial charge in [-0.25, -0.2) is 4.90 Å². The van der Waals surface area contributed by atoms with Crippen LogP contribution in [-0.2, 0) is 20.5 Å². The lowest BCUT2D eigenvalue weighted by Crippen LogP contribution is -2.43. The number of anilines is 1. The summed E-state index contributed by atoms with van der Waals surface area (Å²) in [6.07, 6.45) is -1.39. The first-order valence-corrected chi connectivity index (χ1v) is 7.69. The molecule has 4 rings (SSSR count). The van der Waals surface area contributed by atoms with Crippen molar-refractivity contribution in [3.8, 4) is 0 Å². The molecule has 0 saturated carbocycles. The number of aliphatic hydroxyl groups excluding tert-OH is 1. The summed E-state index contributed by atoms with van der Waals surface area (Å²) in [7, 11) is 0. The second-order valence-corrected chi connectivity index (χ2v) is 6.75. The lowest BCUT2D eigenvalue weighted by Gasteiger charge is -2.27. The average molecular weight is 353 g/mol. The van der Waals surface area contributed by atoms with E-state index in [1.807, 2.05) is 0 Å². The predicted octanol–water partition coefficient (Wildman–Crippen LogP) is 1.90. The van der Waals surface area contributed by atoms with Crippen LogP contribution in [0.15, 0.2) is 36.4 Å². The Morgan fingerprint density at radius 1 is 1.20 bits per heavy atom. The van der Waals surface area contributed by atoms with Gasteiger partial charge in [-0.15, -0.1) is 0 Å². The number of amides is 2. The number of rotatable bonds is 2. The largest absolute Gasteiger partial charge is 0.416 e. The van der Waals surface area contributed by atoms with Gasteiger partial charge in [-0.2, -0.15) is 13.2 Å². The van der Waals surface area contributed by atoms with Crippen molar-refractivity contribution < 1.29 is 32.6 Å². The second-order valence-electron chi connectivity index (χ2n) is 6.75. The predicted molar refractivity (Wildman–Crippen MR) is 79.4 cm³/mol. The SMILES string of the molecule is C[C@]12C=C[C@@](CO)(O1)[C@@H]1C(=O)N(c3cccc(C(F)(F)F)c3)C(=O)[C@@H]12. The van der Waals surface area contributed by atoms with E-state index >= 15 is 0 Å². The van der Waals surface area contributed by atoms with Gasteiger partial charge in [0.05, 0.1) is 35.3 Å². The second kappa shape index (κ2) is 4.70. The maximum absolute atomic E-state index is 12.9. The molecule has 2 saturated heterocycles. The minimum Gasteiger partial charge on any atom is -0.393 e. The number of hydrogen-bond donors (Lipinski definition) is 1. The summed E-state index contributed by atoms with van der Waals surface area (Å²) in [5.41, 5.74) is -3.43. The fourth-order valence-electron chi connectivity index (χ4n) is 4.12. The van der Waals surface area contributed by atoms with Crippen molar-refractivity contribution in [3.05, 3.63) is 42.0 Å². The van der Waals surface area contributed by atoms with Crippen molar-refractivity contribution in [2.24, 2.45) is 11.8 Å². The number of alkyl halides is 3. The van der Waals surface area contributed by atoms with Gasteiger partial charge in [0.1, 0.15) is 5.60 Å². The highest BCUT2D eigenvalue weighted by molar-refractivity contribution is 6.23. The molecule has 3 aliphatic rings. The molecule has 3 aliphatic heterocycles. The zero-order chi connectivity index (χ0) is 18.2. The Balaban J connectivity index is 1.78. The number of nitrogens with zero attached hydrogens (tertiary/aromatic N) is 1. The summed E-state index contributed by atoms with van der Waals surface area (Å²) in [6.45, 7) is 1.14. The molecule has 0 radical (unpaired) electrons. The number of benzene rings is 1. The van der Waals surface area contributed by atoms with Gasteiger partial charge >= 0.3 is 6.18 Å². The molecule has 4 atom stereocenters. The van der Waals surface area contributed by atoms with Crippen LogP contribution >= 0.6 is 0 Å². The molecule has 3 heterocycles.